The van der Waals surface area contributed by atoms with E-state index < -0.39 is 0 Å². The largest absolute Gasteiger partial charge is 0.354 e. The topological polar surface area (TPSA) is 62.3 Å². The summed E-state index contributed by atoms with van der Waals surface area (Å²) in [5.41, 5.74) is 5.05. The lowest BCUT2D eigenvalue weighted by Crippen LogP contribution is -2.37. The SMILES string of the molecule is Cc1cccc(-c2ccc(C[C@@H]3CN(C(=O)c4ccccn4)CCNC3=O)cc2)c1. The van der Waals surface area contributed by atoms with Crippen LogP contribution in [0.25, 0.3) is 11.1 Å². The summed E-state index contributed by atoms with van der Waals surface area (Å²) in [5.74, 6) is -0.425. The highest BCUT2D eigenvalue weighted by Crippen LogP contribution is 2.22. The van der Waals surface area contributed by atoms with Crippen molar-refractivity contribution >= 4 is 11.8 Å². The number of amides is 2. The molecule has 30 heavy (non-hydrogen) atoms. The van der Waals surface area contributed by atoms with E-state index in [9.17, 15) is 9.59 Å². The monoisotopic (exact) mass is 399 g/mol. The van der Waals surface area contributed by atoms with E-state index in [2.05, 4.69) is 65.8 Å². The lowest BCUT2D eigenvalue weighted by atomic mass is 9.95. The number of rotatable bonds is 4. The predicted octanol–water partition coefficient (Wildman–Crippen LogP) is 3.49. The number of nitrogens with zero attached hydrogens (tertiary/aromatic N) is 2. The first-order valence-electron chi connectivity index (χ1n) is 10.2. The van der Waals surface area contributed by atoms with Gasteiger partial charge < -0.3 is 10.2 Å². The van der Waals surface area contributed by atoms with Crippen LogP contribution in [0.4, 0.5) is 0 Å². The van der Waals surface area contributed by atoms with Crippen molar-refractivity contribution in [3.05, 3.63) is 89.7 Å². The molecule has 5 heteroatoms. The van der Waals surface area contributed by atoms with Crippen molar-refractivity contribution in [2.75, 3.05) is 19.6 Å². The lowest BCUT2D eigenvalue weighted by Gasteiger charge is -2.23. The van der Waals surface area contributed by atoms with Gasteiger partial charge >= 0.3 is 0 Å². The van der Waals surface area contributed by atoms with Gasteiger partial charge in [-0.3, -0.25) is 14.6 Å². The van der Waals surface area contributed by atoms with Crippen LogP contribution in [-0.4, -0.2) is 41.3 Å². The van der Waals surface area contributed by atoms with Gasteiger partial charge in [0.25, 0.3) is 5.91 Å². The van der Waals surface area contributed by atoms with Crippen molar-refractivity contribution in [2.45, 2.75) is 13.3 Å². The number of nitrogens with one attached hydrogen (secondary N) is 1. The molecule has 1 fully saturated rings. The Kier molecular flexibility index (Phi) is 5.89. The second kappa shape index (κ2) is 8.91. The summed E-state index contributed by atoms with van der Waals surface area (Å²) in [5, 5.41) is 2.94. The van der Waals surface area contributed by atoms with Crippen LogP contribution in [-0.2, 0) is 11.2 Å². The maximum atomic E-state index is 12.8. The molecule has 1 saturated heterocycles. The average molecular weight is 399 g/mol. The third-order valence-corrected chi connectivity index (χ3v) is 5.45. The third kappa shape index (κ3) is 4.57. The second-order valence-corrected chi connectivity index (χ2v) is 7.72. The Labute approximate surface area is 176 Å². The predicted molar refractivity (Wildman–Crippen MR) is 117 cm³/mol. The number of aryl methyl sites for hydroxylation is 1. The standard InChI is InChI=1S/C25H25N3O2/c1-18-5-4-6-21(15-18)20-10-8-19(9-11-20)16-22-17-28(14-13-27-24(22)29)25(30)23-7-2-3-12-26-23/h2-12,15,22H,13-14,16-17H2,1H3,(H,27,29)/t22-/m1/s1. The molecule has 2 amide bonds. The van der Waals surface area contributed by atoms with E-state index in [0.717, 1.165) is 11.1 Å². The van der Waals surface area contributed by atoms with E-state index in [1.165, 1.54) is 11.1 Å². The molecule has 0 spiro atoms. The van der Waals surface area contributed by atoms with Crippen molar-refractivity contribution in [1.82, 2.24) is 15.2 Å². The Hall–Kier alpha value is -3.47. The molecule has 0 unspecified atom stereocenters. The van der Waals surface area contributed by atoms with E-state index in [0.29, 0.717) is 31.7 Å². The molecule has 0 radical (unpaired) electrons. The Balaban J connectivity index is 1.48. The minimum absolute atomic E-state index is 0.00548. The minimum atomic E-state index is -0.287. The van der Waals surface area contributed by atoms with Crippen LogP contribution in [0.1, 0.15) is 21.6 Å². The number of hydrogen-bond donors (Lipinski definition) is 1. The van der Waals surface area contributed by atoms with Crippen molar-refractivity contribution in [3.63, 3.8) is 0 Å². The Morgan fingerprint density at radius 3 is 2.63 bits per heavy atom. The van der Waals surface area contributed by atoms with E-state index in [1.807, 2.05) is 0 Å². The zero-order valence-corrected chi connectivity index (χ0v) is 17.0. The normalized spacial score (nSPS) is 16.6. The highest BCUT2D eigenvalue weighted by molar-refractivity contribution is 5.93. The molecule has 3 aromatic rings. The van der Waals surface area contributed by atoms with E-state index in [4.69, 9.17) is 0 Å². The number of benzene rings is 2. The summed E-state index contributed by atoms with van der Waals surface area (Å²) in [6.07, 6.45) is 2.20. The molecule has 0 saturated carbocycles. The van der Waals surface area contributed by atoms with Crippen LogP contribution >= 0.6 is 0 Å². The van der Waals surface area contributed by atoms with Gasteiger partial charge in [0.1, 0.15) is 5.69 Å². The van der Waals surface area contributed by atoms with Gasteiger partial charge in [0.05, 0.1) is 5.92 Å². The van der Waals surface area contributed by atoms with Crippen LogP contribution < -0.4 is 5.32 Å². The van der Waals surface area contributed by atoms with Crippen molar-refractivity contribution in [2.24, 2.45) is 5.92 Å². The number of carbonyl (C=O) groups excluding carboxylic acids is 2. The van der Waals surface area contributed by atoms with Gasteiger partial charge in [0, 0.05) is 25.8 Å². The van der Waals surface area contributed by atoms with Crippen LogP contribution in [0, 0.1) is 12.8 Å². The fraction of sp³-hybridized carbons (Fsp3) is 0.240. The van der Waals surface area contributed by atoms with Crippen molar-refractivity contribution in [3.8, 4) is 11.1 Å². The summed E-state index contributed by atoms with van der Waals surface area (Å²) >= 11 is 0. The van der Waals surface area contributed by atoms with Crippen LogP contribution in [0.2, 0.25) is 0 Å². The Morgan fingerprint density at radius 2 is 1.90 bits per heavy atom. The molecule has 2 heterocycles. The van der Waals surface area contributed by atoms with E-state index in [1.54, 1.807) is 29.3 Å². The van der Waals surface area contributed by atoms with Gasteiger partial charge in [-0.25, -0.2) is 0 Å². The van der Waals surface area contributed by atoms with Gasteiger partial charge in [-0.2, -0.15) is 0 Å². The van der Waals surface area contributed by atoms with Crippen LogP contribution in [0.5, 0.6) is 0 Å². The van der Waals surface area contributed by atoms with E-state index in [-0.39, 0.29) is 17.7 Å². The first-order valence-corrected chi connectivity index (χ1v) is 10.2. The van der Waals surface area contributed by atoms with Gasteiger partial charge in [-0.05, 0) is 42.2 Å². The second-order valence-electron chi connectivity index (χ2n) is 7.72. The molecule has 0 bridgehead atoms. The smallest absolute Gasteiger partial charge is 0.272 e. The number of hydrogen-bond acceptors (Lipinski definition) is 3. The lowest BCUT2D eigenvalue weighted by molar-refractivity contribution is -0.124. The molecule has 1 aliphatic heterocycles. The first-order chi connectivity index (χ1) is 14.6. The van der Waals surface area contributed by atoms with Gasteiger partial charge in [-0.15, -0.1) is 0 Å². The number of aromatic nitrogens is 1. The van der Waals surface area contributed by atoms with Crippen LogP contribution in [0.3, 0.4) is 0 Å². The third-order valence-electron chi connectivity index (χ3n) is 5.45. The fourth-order valence-corrected chi connectivity index (χ4v) is 3.83. The zero-order valence-electron chi connectivity index (χ0n) is 17.0. The number of pyridine rings is 1. The molecular formula is C25H25N3O2. The molecule has 152 valence electrons. The number of carbonyl (C=O) groups is 2. The highest BCUT2D eigenvalue weighted by atomic mass is 16.2. The quantitative estimate of drug-likeness (QED) is 0.731. The minimum Gasteiger partial charge on any atom is -0.354 e. The first kappa shape index (κ1) is 19.8. The molecular weight excluding hydrogens is 374 g/mol. The molecule has 2 aromatic carbocycles. The molecule has 1 aliphatic rings. The molecule has 1 aromatic heterocycles. The van der Waals surface area contributed by atoms with E-state index >= 15 is 0 Å². The molecule has 1 atom stereocenters. The highest BCUT2D eigenvalue weighted by Gasteiger charge is 2.28. The van der Waals surface area contributed by atoms with Gasteiger partial charge in [-0.1, -0.05) is 60.2 Å². The summed E-state index contributed by atoms with van der Waals surface area (Å²) in [7, 11) is 0. The van der Waals surface area contributed by atoms with Crippen LogP contribution in [0.15, 0.2) is 72.9 Å². The van der Waals surface area contributed by atoms with Crippen molar-refractivity contribution < 1.29 is 9.59 Å². The van der Waals surface area contributed by atoms with Gasteiger partial charge in [0.15, 0.2) is 0 Å². The van der Waals surface area contributed by atoms with Gasteiger partial charge in [0.2, 0.25) is 5.91 Å². The average Bonchev–Trinajstić information content (AvgIpc) is 2.96. The summed E-state index contributed by atoms with van der Waals surface area (Å²) in [4.78, 5) is 31.3. The molecule has 5 nitrogen and oxygen atoms in total. The molecule has 4 rings (SSSR count). The summed E-state index contributed by atoms with van der Waals surface area (Å²) in [6.45, 7) is 3.42. The summed E-state index contributed by atoms with van der Waals surface area (Å²) < 4.78 is 0. The molecule has 1 N–H and O–H groups in total. The van der Waals surface area contributed by atoms with Crippen molar-refractivity contribution in [1.29, 1.82) is 0 Å². The Bertz CT molecular complexity index is 1030. The summed E-state index contributed by atoms with van der Waals surface area (Å²) in [6, 6.07) is 22.0. The maximum Gasteiger partial charge on any atom is 0.272 e. The molecule has 0 aliphatic carbocycles. The maximum absolute atomic E-state index is 12.8. The fourth-order valence-electron chi connectivity index (χ4n) is 3.83. The zero-order chi connectivity index (χ0) is 20.9. The Morgan fingerprint density at radius 1 is 1.07 bits per heavy atom.